The Balaban J connectivity index is 1.24. The van der Waals surface area contributed by atoms with Crippen LogP contribution in [0.5, 0.6) is 0 Å². The van der Waals surface area contributed by atoms with Crippen molar-refractivity contribution in [3.63, 3.8) is 0 Å². The van der Waals surface area contributed by atoms with E-state index in [9.17, 15) is 19.2 Å². The van der Waals surface area contributed by atoms with Gasteiger partial charge in [0.05, 0.1) is 0 Å². The lowest BCUT2D eigenvalue weighted by Crippen LogP contribution is -2.56. The number of carbonyl (C=O) groups excluding carboxylic acids is 4. The number of benzene rings is 4. The van der Waals surface area contributed by atoms with Crippen LogP contribution in [0, 0.1) is 0 Å². The van der Waals surface area contributed by atoms with Crippen LogP contribution in [0.3, 0.4) is 0 Å². The molecule has 10 heteroatoms. The molecule has 0 heterocycles. The number of esters is 1. The van der Waals surface area contributed by atoms with E-state index in [2.05, 4.69) is 34.8 Å². The molecule has 0 spiro atoms. The molecule has 0 radical (unpaired) electrons. The second kappa shape index (κ2) is 15.8. The van der Waals surface area contributed by atoms with E-state index in [4.69, 9.17) is 9.47 Å². The Kier molecular flexibility index (Phi) is 11.1. The summed E-state index contributed by atoms with van der Waals surface area (Å²) < 4.78 is 10.7. The number of nitrogens with one attached hydrogen (secondary N) is 3. The molecule has 4 amide bonds. The number of nitrogens with zero attached hydrogens (tertiary/aromatic N) is 1. The average molecular weight is 649 g/mol. The number of hydrogen-bond donors (Lipinski definition) is 3. The molecule has 2 atom stereocenters. The molecule has 0 unspecified atom stereocenters. The van der Waals surface area contributed by atoms with Gasteiger partial charge in [0, 0.05) is 31.8 Å². The second-order valence-electron chi connectivity index (χ2n) is 11.8. The summed E-state index contributed by atoms with van der Waals surface area (Å²) in [5.41, 5.74) is 7.71. The van der Waals surface area contributed by atoms with Gasteiger partial charge < -0.3 is 20.1 Å². The Morgan fingerprint density at radius 1 is 0.854 bits per heavy atom. The van der Waals surface area contributed by atoms with Gasteiger partial charge in [-0.3, -0.25) is 14.6 Å². The number of likely N-dealkylation sites (N-methyl/N-ethyl adjacent to an activating group) is 1. The lowest BCUT2D eigenvalue weighted by molar-refractivity contribution is -0.142. The molecular formula is C38H40N4O6. The highest BCUT2D eigenvalue weighted by Crippen LogP contribution is 2.44. The highest BCUT2D eigenvalue weighted by Gasteiger charge is 2.31. The van der Waals surface area contributed by atoms with Crippen molar-refractivity contribution < 1.29 is 28.7 Å². The minimum Gasteiger partial charge on any atom is -0.461 e. The number of fused-ring (bicyclic) bond motifs is 4. The predicted octanol–water partition coefficient (Wildman–Crippen LogP) is 5.86. The molecule has 3 N–H and O–H groups in total. The van der Waals surface area contributed by atoms with Crippen LogP contribution < -0.4 is 16.1 Å². The molecule has 0 bridgehead atoms. The van der Waals surface area contributed by atoms with Gasteiger partial charge in [0.1, 0.15) is 19.3 Å². The number of alkyl carbamates (subject to hydrolysis) is 1. The molecule has 0 aliphatic heterocycles. The van der Waals surface area contributed by atoms with Crippen LogP contribution >= 0.6 is 0 Å². The summed E-state index contributed by atoms with van der Waals surface area (Å²) >= 11 is 0. The van der Waals surface area contributed by atoms with Crippen molar-refractivity contribution in [3.05, 3.63) is 120 Å². The zero-order chi connectivity index (χ0) is 34.0. The molecule has 0 saturated heterocycles. The molecule has 4 aromatic carbocycles. The minimum absolute atomic E-state index is 0.0895. The van der Waals surface area contributed by atoms with E-state index in [0.29, 0.717) is 6.42 Å². The fraction of sp³-hybridized carbons (Fsp3) is 0.263. The number of amides is 4. The summed E-state index contributed by atoms with van der Waals surface area (Å²) in [6.45, 7) is 5.46. The maximum absolute atomic E-state index is 13.7. The van der Waals surface area contributed by atoms with Crippen molar-refractivity contribution in [1.82, 2.24) is 21.1 Å². The van der Waals surface area contributed by atoms with Gasteiger partial charge in [0.25, 0.3) is 5.91 Å². The second-order valence-corrected chi connectivity index (χ2v) is 11.8. The molecule has 5 rings (SSSR count). The van der Waals surface area contributed by atoms with Crippen LogP contribution in [0.2, 0.25) is 0 Å². The van der Waals surface area contributed by atoms with Crippen molar-refractivity contribution in [1.29, 1.82) is 0 Å². The number of urea groups is 1. The van der Waals surface area contributed by atoms with Crippen molar-refractivity contribution >= 4 is 34.8 Å². The van der Waals surface area contributed by atoms with E-state index < -0.39 is 30.0 Å². The van der Waals surface area contributed by atoms with Crippen molar-refractivity contribution in [3.8, 4) is 11.1 Å². The zero-order valence-electron chi connectivity index (χ0n) is 27.1. The van der Waals surface area contributed by atoms with Crippen molar-refractivity contribution in [2.75, 3.05) is 20.3 Å². The van der Waals surface area contributed by atoms with Gasteiger partial charge in [-0.2, -0.15) is 0 Å². The number of ether oxygens (including phenoxy) is 2. The van der Waals surface area contributed by atoms with E-state index in [1.807, 2.05) is 78.9 Å². The average Bonchev–Trinajstić information content (AvgIpc) is 3.41. The lowest BCUT2D eigenvalue weighted by atomic mass is 9.98. The first-order valence-electron chi connectivity index (χ1n) is 15.9. The van der Waals surface area contributed by atoms with E-state index in [-0.39, 0.29) is 38.0 Å². The van der Waals surface area contributed by atoms with Gasteiger partial charge in [-0.25, -0.2) is 15.0 Å². The Bertz CT molecular complexity index is 1760. The first-order chi connectivity index (χ1) is 23.2. The maximum Gasteiger partial charge on any atom is 0.407 e. The standard InChI is InChI=1S/C38H40N4O6/c1-4-21-47-35(43)20-17-25(2)39-37(45)41-42(3)36(44)34(23-26-18-19-27-11-5-6-12-28(27)22-26)40-38(46)48-24-33-31-15-9-7-13-29(31)30-14-8-10-16-32(30)33/h4-16,18-19,22,25,33-34H,1,17,20-21,23-24H2,2-3H3,(H,40,46)(H2,39,41,45)/t25-,34+/m1/s1. The monoisotopic (exact) mass is 648 g/mol. The summed E-state index contributed by atoms with van der Waals surface area (Å²) in [5.74, 6) is -1.09. The minimum atomic E-state index is -1.05. The van der Waals surface area contributed by atoms with Gasteiger partial charge in [-0.1, -0.05) is 104 Å². The highest BCUT2D eigenvalue weighted by atomic mass is 16.5. The first-order valence-corrected chi connectivity index (χ1v) is 15.9. The van der Waals surface area contributed by atoms with Crippen molar-refractivity contribution in [2.24, 2.45) is 0 Å². The molecule has 4 aromatic rings. The molecule has 1 aliphatic rings. The highest BCUT2D eigenvalue weighted by molar-refractivity contribution is 5.88. The number of carbonyl (C=O) groups is 4. The summed E-state index contributed by atoms with van der Waals surface area (Å²) in [6, 6.07) is 27.7. The van der Waals surface area contributed by atoms with Gasteiger partial charge in [-0.15, -0.1) is 0 Å². The van der Waals surface area contributed by atoms with Gasteiger partial charge in [0.2, 0.25) is 0 Å². The molecular weight excluding hydrogens is 608 g/mol. The van der Waals surface area contributed by atoms with Crippen LogP contribution in [0.15, 0.2) is 104 Å². The first kappa shape index (κ1) is 33.7. The van der Waals surface area contributed by atoms with Crippen LogP contribution in [-0.4, -0.2) is 61.4 Å². The number of hydrazine groups is 1. The van der Waals surface area contributed by atoms with Crippen LogP contribution in [0.25, 0.3) is 21.9 Å². The quantitative estimate of drug-likeness (QED) is 0.100. The third-order valence-electron chi connectivity index (χ3n) is 8.31. The predicted molar refractivity (Wildman–Crippen MR) is 184 cm³/mol. The lowest BCUT2D eigenvalue weighted by Gasteiger charge is -2.26. The summed E-state index contributed by atoms with van der Waals surface area (Å²) in [7, 11) is 1.41. The van der Waals surface area contributed by atoms with E-state index in [1.54, 1.807) is 6.92 Å². The Morgan fingerprint density at radius 3 is 2.19 bits per heavy atom. The van der Waals surface area contributed by atoms with Gasteiger partial charge >= 0.3 is 18.1 Å². The Labute approximate surface area is 280 Å². The smallest absolute Gasteiger partial charge is 0.407 e. The SMILES string of the molecule is C=CCOC(=O)CC[C@@H](C)NC(=O)NN(C)C(=O)[C@H](Cc1ccc2ccccc2c1)NC(=O)OCC1c2ccccc2-c2ccccc21. The molecule has 0 aromatic heterocycles. The Morgan fingerprint density at radius 2 is 1.50 bits per heavy atom. The maximum atomic E-state index is 13.7. The normalized spacial score (nSPS) is 13.0. The van der Waals surface area contributed by atoms with Crippen LogP contribution in [0.4, 0.5) is 9.59 Å². The molecule has 248 valence electrons. The molecule has 48 heavy (non-hydrogen) atoms. The fourth-order valence-corrected chi connectivity index (χ4v) is 5.91. The zero-order valence-corrected chi connectivity index (χ0v) is 27.1. The molecule has 0 saturated carbocycles. The number of rotatable bonds is 12. The van der Waals surface area contributed by atoms with Crippen molar-refractivity contribution in [2.45, 2.75) is 44.2 Å². The third-order valence-corrected chi connectivity index (χ3v) is 8.31. The summed E-state index contributed by atoms with van der Waals surface area (Å²) in [4.78, 5) is 51.5. The third kappa shape index (κ3) is 8.38. The number of hydrogen-bond acceptors (Lipinski definition) is 6. The molecule has 1 aliphatic carbocycles. The molecule has 10 nitrogen and oxygen atoms in total. The van der Waals surface area contributed by atoms with Crippen LogP contribution in [-0.2, 0) is 25.5 Å². The molecule has 0 fully saturated rings. The summed E-state index contributed by atoms with van der Waals surface area (Å²) in [6.07, 6.45) is 1.35. The van der Waals surface area contributed by atoms with Crippen LogP contribution in [0.1, 0.15) is 42.4 Å². The van der Waals surface area contributed by atoms with Gasteiger partial charge in [-0.05, 0) is 51.9 Å². The summed E-state index contributed by atoms with van der Waals surface area (Å²) in [5, 5.41) is 8.54. The van der Waals surface area contributed by atoms with E-state index >= 15 is 0 Å². The Hall–Kier alpha value is -5.64. The topological polar surface area (TPSA) is 126 Å². The van der Waals surface area contributed by atoms with Gasteiger partial charge in [0.15, 0.2) is 0 Å². The van der Waals surface area contributed by atoms with E-state index in [0.717, 1.165) is 43.6 Å². The largest absolute Gasteiger partial charge is 0.461 e. The van der Waals surface area contributed by atoms with E-state index in [1.165, 1.54) is 13.1 Å². The fourth-order valence-electron chi connectivity index (χ4n) is 5.91.